The van der Waals surface area contributed by atoms with E-state index in [1.54, 1.807) is 0 Å². The fourth-order valence-corrected chi connectivity index (χ4v) is 5.95. The van der Waals surface area contributed by atoms with Crippen LogP contribution in [0.2, 0.25) is 0 Å². The molecule has 0 spiro atoms. The second kappa shape index (κ2) is 5.28. The van der Waals surface area contributed by atoms with Gasteiger partial charge in [-0.3, -0.25) is 0 Å². The zero-order chi connectivity index (χ0) is 14.4. The van der Waals surface area contributed by atoms with Crippen molar-refractivity contribution < 1.29 is 9.84 Å². The minimum atomic E-state index is -0.615. The van der Waals surface area contributed by atoms with Crippen LogP contribution in [0.3, 0.4) is 0 Å². The molecule has 116 valence electrons. The summed E-state index contributed by atoms with van der Waals surface area (Å²) in [6.07, 6.45) is 11.9. The molecule has 3 aliphatic carbocycles. The Labute approximate surface area is 124 Å². The molecule has 0 aromatic carbocycles. The van der Waals surface area contributed by atoms with E-state index in [1.165, 1.54) is 51.4 Å². The van der Waals surface area contributed by atoms with Gasteiger partial charge in [-0.15, -0.1) is 0 Å². The summed E-state index contributed by atoms with van der Waals surface area (Å²) < 4.78 is 6.21. The van der Waals surface area contributed by atoms with Gasteiger partial charge in [0.25, 0.3) is 0 Å². The summed E-state index contributed by atoms with van der Waals surface area (Å²) >= 11 is 0. The standard InChI is InChI=1S/C18H32O2/c1-17(2,19)16-10-6-9-15-11-13-7-4-5-8-14(13)12-18(15,16)20-3/h13-16,19H,4-12H2,1-3H3. The van der Waals surface area contributed by atoms with Crippen molar-refractivity contribution in [1.29, 1.82) is 0 Å². The van der Waals surface area contributed by atoms with Crippen LogP contribution in [-0.2, 0) is 4.74 Å². The Balaban J connectivity index is 1.90. The molecule has 0 amide bonds. The SMILES string of the molecule is COC12CC3CCCCC3CC1CCCC2C(C)(C)O. The van der Waals surface area contributed by atoms with Crippen LogP contribution in [0.1, 0.15) is 71.6 Å². The Kier molecular flexibility index (Phi) is 3.92. The molecule has 5 atom stereocenters. The van der Waals surface area contributed by atoms with Crippen LogP contribution in [-0.4, -0.2) is 23.4 Å². The smallest absolute Gasteiger partial charge is 0.0764 e. The van der Waals surface area contributed by atoms with E-state index < -0.39 is 5.60 Å². The van der Waals surface area contributed by atoms with E-state index in [9.17, 15) is 5.11 Å². The molecule has 0 saturated heterocycles. The van der Waals surface area contributed by atoms with E-state index in [0.29, 0.717) is 11.8 Å². The number of aliphatic hydroxyl groups is 1. The molecule has 2 nitrogen and oxygen atoms in total. The maximum Gasteiger partial charge on any atom is 0.0764 e. The lowest BCUT2D eigenvalue weighted by atomic mass is 9.52. The van der Waals surface area contributed by atoms with Crippen LogP contribution >= 0.6 is 0 Å². The van der Waals surface area contributed by atoms with Crippen LogP contribution in [0.4, 0.5) is 0 Å². The summed E-state index contributed by atoms with van der Waals surface area (Å²) in [5.74, 6) is 2.78. The number of rotatable bonds is 2. The topological polar surface area (TPSA) is 29.5 Å². The Hall–Kier alpha value is -0.0800. The van der Waals surface area contributed by atoms with Gasteiger partial charge in [-0.1, -0.05) is 32.1 Å². The lowest BCUT2D eigenvalue weighted by Crippen LogP contribution is -2.60. The van der Waals surface area contributed by atoms with Gasteiger partial charge >= 0.3 is 0 Å². The van der Waals surface area contributed by atoms with Gasteiger partial charge in [0.1, 0.15) is 0 Å². The number of hydrogen-bond acceptors (Lipinski definition) is 2. The average Bonchev–Trinajstić information content (AvgIpc) is 2.43. The van der Waals surface area contributed by atoms with E-state index in [0.717, 1.165) is 18.3 Å². The van der Waals surface area contributed by atoms with Gasteiger partial charge in [0.2, 0.25) is 0 Å². The summed E-state index contributed by atoms with van der Waals surface area (Å²) in [4.78, 5) is 0. The Morgan fingerprint density at radius 3 is 2.35 bits per heavy atom. The maximum absolute atomic E-state index is 10.7. The first-order chi connectivity index (χ1) is 9.47. The molecular weight excluding hydrogens is 248 g/mol. The van der Waals surface area contributed by atoms with Crippen LogP contribution in [0, 0.1) is 23.7 Å². The molecule has 0 aromatic rings. The first-order valence-corrected chi connectivity index (χ1v) is 8.75. The van der Waals surface area contributed by atoms with E-state index in [-0.39, 0.29) is 5.60 Å². The summed E-state index contributed by atoms with van der Waals surface area (Å²) in [6.45, 7) is 3.99. The van der Waals surface area contributed by atoms with E-state index in [2.05, 4.69) is 0 Å². The Morgan fingerprint density at radius 2 is 1.70 bits per heavy atom. The van der Waals surface area contributed by atoms with Crippen molar-refractivity contribution in [3.63, 3.8) is 0 Å². The predicted octanol–water partition coefficient (Wildman–Crippen LogP) is 4.16. The summed E-state index contributed by atoms with van der Waals surface area (Å²) in [5, 5.41) is 10.7. The molecule has 2 heteroatoms. The molecule has 0 radical (unpaired) electrons. The third-order valence-corrected chi connectivity index (χ3v) is 6.79. The fraction of sp³-hybridized carbons (Fsp3) is 1.00. The monoisotopic (exact) mass is 280 g/mol. The van der Waals surface area contributed by atoms with E-state index in [1.807, 2.05) is 21.0 Å². The Bertz CT molecular complexity index is 346. The number of hydrogen-bond donors (Lipinski definition) is 1. The molecule has 1 N–H and O–H groups in total. The highest BCUT2D eigenvalue weighted by molar-refractivity contribution is 5.07. The van der Waals surface area contributed by atoms with Crippen molar-refractivity contribution >= 4 is 0 Å². The highest BCUT2D eigenvalue weighted by Gasteiger charge is 2.57. The number of ether oxygens (including phenoxy) is 1. The second-order valence-electron chi connectivity index (χ2n) is 8.24. The molecule has 3 rings (SSSR count). The molecule has 3 saturated carbocycles. The first-order valence-electron chi connectivity index (χ1n) is 8.75. The molecule has 0 bridgehead atoms. The van der Waals surface area contributed by atoms with E-state index >= 15 is 0 Å². The van der Waals surface area contributed by atoms with Crippen molar-refractivity contribution in [3.05, 3.63) is 0 Å². The second-order valence-corrected chi connectivity index (χ2v) is 8.24. The molecule has 0 heterocycles. The average molecular weight is 280 g/mol. The first kappa shape index (κ1) is 14.8. The third-order valence-electron chi connectivity index (χ3n) is 6.79. The van der Waals surface area contributed by atoms with Crippen molar-refractivity contribution in [2.24, 2.45) is 23.7 Å². The van der Waals surface area contributed by atoms with Gasteiger partial charge in [-0.25, -0.2) is 0 Å². The van der Waals surface area contributed by atoms with Gasteiger partial charge in [-0.2, -0.15) is 0 Å². The molecule has 5 unspecified atom stereocenters. The van der Waals surface area contributed by atoms with Crippen molar-refractivity contribution in [1.82, 2.24) is 0 Å². The van der Waals surface area contributed by atoms with Gasteiger partial charge < -0.3 is 9.84 Å². The quantitative estimate of drug-likeness (QED) is 0.823. The summed E-state index contributed by atoms with van der Waals surface area (Å²) in [7, 11) is 1.90. The predicted molar refractivity (Wildman–Crippen MR) is 81.6 cm³/mol. The molecule has 20 heavy (non-hydrogen) atoms. The van der Waals surface area contributed by atoms with Crippen LogP contribution in [0.5, 0.6) is 0 Å². The molecule has 0 aliphatic heterocycles. The van der Waals surface area contributed by atoms with Crippen LogP contribution in [0.15, 0.2) is 0 Å². The lowest BCUT2D eigenvalue weighted by molar-refractivity contribution is -0.210. The number of fused-ring (bicyclic) bond motifs is 2. The summed E-state index contributed by atoms with van der Waals surface area (Å²) in [6, 6.07) is 0. The molecular formula is C18H32O2. The zero-order valence-corrected chi connectivity index (χ0v) is 13.5. The minimum absolute atomic E-state index is 0.0466. The van der Waals surface area contributed by atoms with Crippen molar-refractivity contribution in [2.75, 3.05) is 7.11 Å². The Morgan fingerprint density at radius 1 is 1.00 bits per heavy atom. The highest BCUT2D eigenvalue weighted by atomic mass is 16.5. The number of methoxy groups -OCH3 is 1. The fourth-order valence-electron chi connectivity index (χ4n) is 5.95. The summed E-state index contributed by atoms with van der Waals surface area (Å²) in [5.41, 5.74) is -0.662. The van der Waals surface area contributed by atoms with Crippen molar-refractivity contribution in [2.45, 2.75) is 82.8 Å². The van der Waals surface area contributed by atoms with Crippen molar-refractivity contribution in [3.8, 4) is 0 Å². The van der Waals surface area contributed by atoms with Gasteiger partial charge in [0.05, 0.1) is 11.2 Å². The van der Waals surface area contributed by atoms with Gasteiger partial charge in [0.15, 0.2) is 0 Å². The van der Waals surface area contributed by atoms with Gasteiger partial charge in [0, 0.05) is 13.0 Å². The van der Waals surface area contributed by atoms with Gasteiger partial charge in [-0.05, 0) is 57.3 Å². The molecule has 3 aliphatic rings. The maximum atomic E-state index is 10.7. The largest absolute Gasteiger partial charge is 0.390 e. The van der Waals surface area contributed by atoms with Crippen LogP contribution < -0.4 is 0 Å². The lowest BCUT2D eigenvalue weighted by Gasteiger charge is -2.58. The molecule has 0 aromatic heterocycles. The molecule has 3 fully saturated rings. The zero-order valence-electron chi connectivity index (χ0n) is 13.5. The highest BCUT2D eigenvalue weighted by Crippen LogP contribution is 2.57. The minimum Gasteiger partial charge on any atom is -0.390 e. The van der Waals surface area contributed by atoms with Crippen LogP contribution in [0.25, 0.3) is 0 Å². The normalized spacial score (nSPS) is 45.6. The van der Waals surface area contributed by atoms with E-state index in [4.69, 9.17) is 4.74 Å². The third kappa shape index (κ3) is 2.33.